The van der Waals surface area contributed by atoms with Crippen molar-refractivity contribution in [3.05, 3.63) is 50.3 Å². The molecule has 1 aromatic carbocycles. The van der Waals surface area contributed by atoms with Gasteiger partial charge in [0, 0.05) is 6.20 Å². The highest BCUT2D eigenvalue weighted by Crippen LogP contribution is 2.12. The van der Waals surface area contributed by atoms with Crippen molar-refractivity contribution in [1.29, 1.82) is 0 Å². The van der Waals surface area contributed by atoms with Gasteiger partial charge in [0.15, 0.2) is 0 Å². The lowest BCUT2D eigenvalue weighted by Gasteiger charge is -2.06. The normalized spacial score (nSPS) is 10.4. The Hall–Kier alpha value is -1.44. The standard InChI is InChI=1S/C10H7FIN3O/c11-6-2-1-3-7(4-6)15-5-8(12)9(13)14-10(15)16/h1-5H,(H2,13,14,16). The quantitative estimate of drug-likeness (QED) is 0.807. The first-order valence-electron chi connectivity index (χ1n) is 4.38. The molecule has 0 radical (unpaired) electrons. The highest BCUT2D eigenvalue weighted by atomic mass is 127. The first-order valence-corrected chi connectivity index (χ1v) is 5.46. The summed E-state index contributed by atoms with van der Waals surface area (Å²) in [5, 5.41) is 0. The molecule has 0 unspecified atom stereocenters. The summed E-state index contributed by atoms with van der Waals surface area (Å²) in [4.78, 5) is 15.2. The molecule has 16 heavy (non-hydrogen) atoms. The number of nitrogens with zero attached hydrogens (tertiary/aromatic N) is 2. The van der Waals surface area contributed by atoms with Crippen molar-refractivity contribution >= 4 is 28.4 Å². The lowest BCUT2D eigenvalue weighted by Crippen LogP contribution is -2.23. The van der Waals surface area contributed by atoms with Gasteiger partial charge in [-0.1, -0.05) is 6.07 Å². The Bertz CT molecular complexity index is 597. The van der Waals surface area contributed by atoms with Gasteiger partial charge in [-0.2, -0.15) is 4.98 Å². The summed E-state index contributed by atoms with van der Waals surface area (Å²) in [6.45, 7) is 0. The van der Waals surface area contributed by atoms with Gasteiger partial charge in [0.1, 0.15) is 11.6 Å². The largest absolute Gasteiger partial charge is 0.383 e. The Morgan fingerprint density at radius 3 is 2.88 bits per heavy atom. The number of nitrogens with two attached hydrogens (primary N) is 1. The minimum Gasteiger partial charge on any atom is -0.383 e. The number of hydrogen-bond acceptors (Lipinski definition) is 3. The van der Waals surface area contributed by atoms with E-state index in [-0.39, 0.29) is 5.82 Å². The second kappa shape index (κ2) is 4.20. The lowest BCUT2D eigenvalue weighted by molar-refractivity contribution is 0.626. The first kappa shape index (κ1) is 11.1. The molecule has 2 aromatic rings. The van der Waals surface area contributed by atoms with E-state index in [4.69, 9.17) is 5.73 Å². The van der Waals surface area contributed by atoms with E-state index in [0.717, 1.165) is 0 Å². The molecular weight excluding hydrogens is 324 g/mol. The van der Waals surface area contributed by atoms with Crippen LogP contribution in [0, 0.1) is 9.39 Å². The van der Waals surface area contributed by atoms with E-state index in [1.165, 1.54) is 29.0 Å². The van der Waals surface area contributed by atoms with E-state index in [1.54, 1.807) is 6.07 Å². The van der Waals surface area contributed by atoms with Crippen LogP contribution in [0.1, 0.15) is 0 Å². The molecule has 4 nitrogen and oxygen atoms in total. The molecule has 0 bridgehead atoms. The van der Waals surface area contributed by atoms with Crippen molar-refractivity contribution in [1.82, 2.24) is 9.55 Å². The fourth-order valence-electron chi connectivity index (χ4n) is 1.26. The van der Waals surface area contributed by atoms with Crippen LogP contribution in [0.2, 0.25) is 0 Å². The molecule has 0 fully saturated rings. The second-order valence-electron chi connectivity index (χ2n) is 3.11. The van der Waals surface area contributed by atoms with Crippen LogP contribution in [-0.4, -0.2) is 9.55 Å². The molecule has 1 heterocycles. The van der Waals surface area contributed by atoms with E-state index in [1.807, 2.05) is 22.6 Å². The topological polar surface area (TPSA) is 60.9 Å². The minimum atomic E-state index is -0.525. The average molecular weight is 331 g/mol. The van der Waals surface area contributed by atoms with Gasteiger partial charge in [-0.25, -0.2) is 9.18 Å². The van der Waals surface area contributed by atoms with Crippen LogP contribution in [0.3, 0.4) is 0 Å². The maximum absolute atomic E-state index is 13.0. The first-order chi connectivity index (χ1) is 7.58. The number of benzene rings is 1. The molecule has 0 aliphatic carbocycles. The maximum Gasteiger partial charge on any atom is 0.354 e. The van der Waals surface area contributed by atoms with Crippen LogP contribution in [0.5, 0.6) is 0 Å². The molecule has 0 atom stereocenters. The highest BCUT2D eigenvalue weighted by Gasteiger charge is 2.05. The molecular formula is C10H7FIN3O. The predicted octanol–water partition coefficient (Wildman–Crippen LogP) is 1.56. The summed E-state index contributed by atoms with van der Waals surface area (Å²) < 4.78 is 14.9. The Kier molecular flexibility index (Phi) is 2.90. The molecule has 0 saturated carbocycles. The van der Waals surface area contributed by atoms with Crippen LogP contribution in [-0.2, 0) is 0 Å². The average Bonchev–Trinajstić information content (AvgIpc) is 2.23. The Labute approximate surface area is 104 Å². The summed E-state index contributed by atoms with van der Waals surface area (Å²) in [7, 11) is 0. The number of nitrogen functional groups attached to an aromatic ring is 1. The summed E-state index contributed by atoms with van der Waals surface area (Å²) in [6, 6.07) is 5.72. The van der Waals surface area contributed by atoms with Crippen LogP contribution in [0.15, 0.2) is 35.3 Å². The van der Waals surface area contributed by atoms with Crippen molar-refractivity contribution in [3.8, 4) is 5.69 Å². The summed E-state index contributed by atoms with van der Waals surface area (Å²) in [6.07, 6.45) is 1.53. The zero-order valence-corrected chi connectivity index (χ0v) is 10.2. The second-order valence-corrected chi connectivity index (χ2v) is 4.27. The molecule has 1 aromatic heterocycles. The molecule has 6 heteroatoms. The Morgan fingerprint density at radius 1 is 1.44 bits per heavy atom. The zero-order valence-electron chi connectivity index (χ0n) is 8.02. The van der Waals surface area contributed by atoms with Gasteiger partial charge in [-0.15, -0.1) is 0 Å². The third-order valence-electron chi connectivity index (χ3n) is 2.00. The van der Waals surface area contributed by atoms with Gasteiger partial charge in [-0.05, 0) is 40.8 Å². The number of hydrogen-bond donors (Lipinski definition) is 1. The van der Waals surface area contributed by atoms with Gasteiger partial charge in [0.25, 0.3) is 0 Å². The number of anilines is 1. The van der Waals surface area contributed by atoms with Gasteiger partial charge < -0.3 is 5.73 Å². The highest BCUT2D eigenvalue weighted by molar-refractivity contribution is 14.1. The zero-order chi connectivity index (χ0) is 11.7. The van der Waals surface area contributed by atoms with Crippen LogP contribution >= 0.6 is 22.6 Å². The van der Waals surface area contributed by atoms with Crippen molar-refractivity contribution in [2.75, 3.05) is 5.73 Å². The Morgan fingerprint density at radius 2 is 2.19 bits per heavy atom. The van der Waals surface area contributed by atoms with E-state index >= 15 is 0 Å². The molecule has 0 saturated heterocycles. The lowest BCUT2D eigenvalue weighted by atomic mass is 10.3. The van der Waals surface area contributed by atoms with Gasteiger partial charge in [0.05, 0.1) is 9.26 Å². The molecule has 82 valence electrons. The fraction of sp³-hybridized carbons (Fsp3) is 0. The van der Waals surface area contributed by atoms with Crippen molar-refractivity contribution in [3.63, 3.8) is 0 Å². The van der Waals surface area contributed by atoms with Crippen LogP contribution in [0.4, 0.5) is 10.2 Å². The van der Waals surface area contributed by atoms with Gasteiger partial charge in [0.2, 0.25) is 0 Å². The van der Waals surface area contributed by atoms with Gasteiger partial charge in [-0.3, -0.25) is 4.57 Å². The maximum atomic E-state index is 13.0. The summed E-state index contributed by atoms with van der Waals surface area (Å²) in [5.41, 5.74) is 5.39. The molecule has 2 rings (SSSR count). The monoisotopic (exact) mass is 331 g/mol. The summed E-state index contributed by atoms with van der Waals surface area (Å²) in [5.74, 6) is -0.227. The van der Waals surface area contributed by atoms with E-state index < -0.39 is 11.5 Å². The van der Waals surface area contributed by atoms with Gasteiger partial charge >= 0.3 is 5.69 Å². The fourth-order valence-corrected chi connectivity index (χ4v) is 1.66. The SMILES string of the molecule is Nc1nc(=O)n(-c2cccc(F)c2)cc1I. The third-order valence-corrected chi connectivity index (χ3v) is 2.83. The van der Waals surface area contributed by atoms with Crippen molar-refractivity contribution in [2.24, 2.45) is 0 Å². The molecule has 0 amide bonds. The smallest absolute Gasteiger partial charge is 0.354 e. The molecule has 0 aliphatic rings. The van der Waals surface area contributed by atoms with Crippen LogP contribution < -0.4 is 11.4 Å². The molecule has 0 spiro atoms. The van der Waals surface area contributed by atoms with E-state index in [2.05, 4.69) is 4.98 Å². The van der Waals surface area contributed by atoms with Crippen molar-refractivity contribution < 1.29 is 4.39 Å². The number of halogens is 2. The number of rotatable bonds is 1. The predicted molar refractivity (Wildman–Crippen MR) is 66.9 cm³/mol. The minimum absolute atomic E-state index is 0.179. The number of aromatic nitrogens is 2. The molecule has 0 aliphatic heterocycles. The third kappa shape index (κ3) is 2.06. The van der Waals surface area contributed by atoms with E-state index in [0.29, 0.717) is 9.26 Å². The van der Waals surface area contributed by atoms with E-state index in [9.17, 15) is 9.18 Å². The summed E-state index contributed by atoms with van der Waals surface area (Å²) >= 11 is 1.96. The Balaban J connectivity index is 2.65. The van der Waals surface area contributed by atoms with Crippen LogP contribution in [0.25, 0.3) is 5.69 Å². The van der Waals surface area contributed by atoms with Crippen molar-refractivity contribution in [2.45, 2.75) is 0 Å². The molecule has 2 N–H and O–H groups in total.